The van der Waals surface area contributed by atoms with Gasteiger partial charge in [0.25, 0.3) is 5.91 Å². The van der Waals surface area contributed by atoms with Crippen molar-refractivity contribution in [3.05, 3.63) is 28.2 Å². The highest BCUT2D eigenvalue weighted by molar-refractivity contribution is 6.35. The van der Waals surface area contributed by atoms with Gasteiger partial charge in [0.15, 0.2) is 6.61 Å². The maximum Gasteiger partial charge on any atom is 0.261 e. The number of ether oxygens (including phenoxy) is 1. The van der Waals surface area contributed by atoms with Gasteiger partial charge in [-0.05, 0) is 68.6 Å². The van der Waals surface area contributed by atoms with E-state index in [1.165, 1.54) is 6.07 Å². The lowest BCUT2D eigenvalue weighted by Crippen LogP contribution is -2.52. The molecule has 0 radical (unpaired) electrons. The second-order valence-electron chi connectivity index (χ2n) is 10.3. The van der Waals surface area contributed by atoms with Gasteiger partial charge in [-0.2, -0.15) is 5.26 Å². The Morgan fingerprint density at radius 2 is 2.11 bits per heavy atom. The first-order chi connectivity index (χ1) is 16.8. The molecule has 10 heteroatoms. The van der Waals surface area contributed by atoms with Crippen LogP contribution in [0.2, 0.25) is 10.0 Å². The molecule has 0 bridgehead atoms. The van der Waals surface area contributed by atoms with Gasteiger partial charge in [-0.3, -0.25) is 14.4 Å². The normalized spacial score (nSPS) is 28.8. The van der Waals surface area contributed by atoms with Crippen molar-refractivity contribution >= 4 is 40.9 Å². The Kier molecular flexibility index (Phi) is 6.58. The topological polar surface area (TPSA) is 112 Å². The van der Waals surface area contributed by atoms with Crippen LogP contribution >= 0.6 is 23.2 Å². The fourth-order valence-corrected chi connectivity index (χ4v) is 6.51. The smallest absolute Gasteiger partial charge is 0.261 e. The quantitative estimate of drug-likeness (QED) is 0.575. The Bertz CT molecular complexity index is 1090. The molecule has 4 aliphatic rings. The molecule has 5 rings (SSSR count). The zero-order valence-electron chi connectivity index (χ0n) is 19.3. The van der Waals surface area contributed by atoms with Gasteiger partial charge in [0.05, 0.1) is 11.1 Å². The van der Waals surface area contributed by atoms with E-state index >= 15 is 0 Å². The van der Waals surface area contributed by atoms with Crippen LogP contribution in [-0.2, 0) is 14.4 Å². The number of rotatable bonds is 7. The SMILES string of the molecule is N#C[C@H](C[C@@H]1CC2(CC2)NC1=O)NC(=O)C1[C@H]2CCC[C@H]2CN1C(=O)COc1ccc(Cl)cc1Cl. The molecule has 2 aliphatic carbocycles. The highest BCUT2D eigenvalue weighted by Crippen LogP contribution is 2.46. The van der Waals surface area contributed by atoms with Crippen molar-refractivity contribution in [2.45, 2.75) is 62.6 Å². The van der Waals surface area contributed by atoms with Crippen molar-refractivity contribution in [1.82, 2.24) is 15.5 Å². The predicted octanol–water partition coefficient (Wildman–Crippen LogP) is 3.07. The van der Waals surface area contributed by atoms with Crippen molar-refractivity contribution in [1.29, 1.82) is 5.26 Å². The molecule has 2 saturated carbocycles. The van der Waals surface area contributed by atoms with Crippen LogP contribution in [0.4, 0.5) is 0 Å². The maximum atomic E-state index is 13.4. The molecule has 186 valence electrons. The Morgan fingerprint density at radius 3 is 2.80 bits per heavy atom. The van der Waals surface area contributed by atoms with Gasteiger partial charge in [0, 0.05) is 23.0 Å². The van der Waals surface area contributed by atoms with Gasteiger partial charge >= 0.3 is 0 Å². The van der Waals surface area contributed by atoms with Crippen LogP contribution < -0.4 is 15.4 Å². The van der Waals surface area contributed by atoms with E-state index < -0.39 is 12.1 Å². The van der Waals surface area contributed by atoms with E-state index in [9.17, 15) is 19.6 Å². The van der Waals surface area contributed by atoms with Crippen LogP contribution in [0.3, 0.4) is 0 Å². The van der Waals surface area contributed by atoms with Gasteiger partial charge in [-0.1, -0.05) is 29.6 Å². The molecule has 3 amide bonds. The number of carbonyl (C=O) groups is 3. The second kappa shape index (κ2) is 9.51. The van der Waals surface area contributed by atoms with Crippen molar-refractivity contribution in [3.8, 4) is 11.8 Å². The van der Waals surface area contributed by atoms with Crippen LogP contribution in [0.15, 0.2) is 18.2 Å². The summed E-state index contributed by atoms with van der Waals surface area (Å²) in [4.78, 5) is 40.4. The number of nitrogens with one attached hydrogen (secondary N) is 2. The first-order valence-corrected chi connectivity index (χ1v) is 12.9. The number of benzene rings is 1. The van der Waals surface area contributed by atoms with Crippen LogP contribution in [0.5, 0.6) is 5.75 Å². The standard InChI is InChI=1S/C25H28Cl2N4O4/c26-16-4-5-20(19(27)9-16)35-13-21(32)31-12-14-2-1-3-18(14)22(31)24(34)29-17(11-28)8-15-10-25(6-7-25)30-23(15)33/h4-5,9,14-15,17-18,22H,1-3,6-8,10,12-13H2,(H,29,34)(H,30,33)/t14-,15+,17-,18-,22?/m0/s1. The second-order valence-corrected chi connectivity index (χ2v) is 11.1. The average molecular weight is 519 g/mol. The Labute approximate surface area is 214 Å². The fraction of sp³-hybridized carbons (Fsp3) is 0.600. The van der Waals surface area contributed by atoms with Gasteiger partial charge in [-0.15, -0.1) is 0 Å². The fourth-order valence-electron chi connectivity index (χ4n) is 6.05. The summed E-state index contributed by atoms with van der Waals surface area (Å²) in [5.74, 6) is -0.290. The minimum atomic E-state index is -0.784. The van der Waals surface area contributed by atoms with Gasteiger partial charge in [-0.25, -0.2) is 0 Å². The summed E-state index contributed by atoms with van der Waals surface area (Å²) in [5, 5.41) is 16.4. The third-order valence-corrected chi connectivity index (χ3v) is 8.50. The van der Waals surface area contributed by atoms with E-state index in [0.717, 1.165) is 32.1 Å². The van der Waals surface area contributed by atoms with Gasteiger partial charge in [0.2, 0.25) is 11.8 Å². The minimum Gasteiger partial charge on any atom is -0.482 e. The largest absolute Gasteiger partial charge is 0.482 e. The number of fused-ring (bicyclic) bond motifs is 1. The minimum absolute atomic E-state index is 0.0384. The van der Waals surface area contributed by atoms with Crippen LogP contribution in [-0.4, -0.2) is 53.4 Å². The van der Waals surface area contributed by atoms with Crippen LogP contribution in [0, 0.1) is 29.1 Å². The van der Waals surface area contributed by atoms with Crippen molar-refractivity contribution in [2.75, 3.05) is 13.2 Å². The Balaban J connectivity index is 1.24. The predicted molar refractivity (Wildman–Crippen MR) is 129 cm³/mol. The number of nitriles is 1. The molecule has 0 aromatic heterocycles. The lowest BCUT2D eigenvalue weighted by atomic mass is 9.92. The molecule has 1 aromatic rings. The molecule has 8 nitrogen and oxygen atoms in total. The van der Waals surface area contributed by atoms with Crippen LogP contribution in [0.1, 0.15) is 44.9 Å². The number of hydrogen-bond acceptors (Lipinski definition) is 5. The summed E-state index contributed by atoms with van der Waals surface area (Å²) < 4.78 is 5.63. The third-order valence-electron chi connectivity index (χ3n) is 7.97. The molecule has 35 heavy (non-hydrogen) atoms. The van der Waals surface area contributed by atoms with Crippen LogP contribution in [0.25, 0.3) is 0 Å². The molecule has 2 heterocycles. The van der Waals surface area contributed by atoms with E-state index in [-0.39, 0.29) is 54.0 Å². The maximum absolute atomic E-state index is 13.4. The first kappa shape index (κ1) is 24.2. The molecule has 4 fully saturated rings. The first-order valence-electron chi connectivity index (χ1n) is 12.2. The molecular formula is C25H28Cl2N4O4. The van der Waals surface area contributed by atoms with Crippen molar-refractivity contribution < 1.29 is 19.1 Å². The van der Waals surface area contributed by atoms with Gasteiger partial charge < -0.3 is 20.3 Å². The average Bonchev–Trinajstić information content (AvgIpc) is 3.13. The number of carbonyl (C=O) groups excluding carboxylic acids is 3. The van der Waals surface area contributed by atoms with Crippen molar-refractivity contribution in [2.24, 2.45) is 17.8 Å². The van der Waals surface area contributed by atoms with Crippen molar-refractivity contribution in [3.63, 3.8) is 0 Å². The third kappa shape index (κ3) is 4.94. The molecule has 2 aliphatic heterocycles. The molecule has 1 spiro atoms. The van der Waals surface area contributed by atoms with E-state index in [0.29, 0.717) is 28.8 Å². The molecule has 2 saturated heterocycles. The summed E-state index contributed by atoms with van der Waals surface area (Å²) in [6.07, 6.45) is 5.79. The zero-order chi connectivity index (χ0) is 24.7. The Hall–Kier alpha value is -2.50. The molecule has 1 aromatic carbocycles. The van der Waals surface area contributed by atoms with E-state index in [1.54, 1.807) is 17.0 Å². The van der Waals surface area contributed by atoms with E-state index in [2.05, 4.69) is 16.7 Å². The van der Waals surface area contributed by atoms with Gasteiger partial charge in [0.1, 0.15) is 17.8 Å². The number of nitrogens with zero attached hydrogens (tertiary/aromatic N) is 2. The number of likely N-dealkylation sites (tertiary alicyclic amines) is 1. The molecule has 1 unspecified atom stereocenters. The van der Waals surface area contributed by atoms with E-state index in [1.807, 2.05) is 0 Å². The zero-order valence-corrected chi connectivity index (χ0v) is 20.8. The number of hydrogen-bond donors (Lipinski definition) is 2. The summed E-state index contributed by atoms with van der Waals surface area (Å²) >= 11 is 12.1. The Morgan fingerprint density at radius 1 is 1.31 bits per heavy atom. The molecular weight excluding hydrogens is 491 g/mol. The number of amides is 3. The summed E-state index contributed by atoms with van der Waals surface area (Å²) in [6, 6.07) is 5.48. The monoisotopic (exact) mass is 518 g/mol. The highest BCUT2D eigenvalue weighted by atomic mass is 35.5. The molecule has 2 N–H and O–H groups in total. The summed E-state index contributed by atoms with van der Waals surface area (Å²) in [6.45, 7) is 0.237. The molecule has 5 atom stereocenters. The highest BCUT2D eigenvalue weighted by Gasteiger charge is 2.53. The summed E-state index contributed by atoms with van der Waals surface area (Å²) in [7, 11) is 0. The van der Waals surface area contributed by atoms with E-state index in [4.69, 9.17) is 27.9 Å². The summed E-state index contributed by atoms with van der Waals surface area (Å²) in [5.41, 5.74) is -0.0789. The number of halogens is 2. The lowest BCUT2D eigenvalue weighted by molar-refractivity contribution is -0.141. The lowest BCUT2D eigenvalue weighted by Gasteiger charge is -2.28.